The molecule has 0 bridgehead atoms. The van der Waals surface area contributed by atoms with Crippen molar-refractivity contribution in [1.82, 2.24) is 15.2 Å². The minimum atomic E-state index is -0.295. The summed E-state index contributed by atoms with van der Waals surface area (Å²) in [6.07, 6.45) is 3.90. The molecule has 4 rings (SSSR count). The summed E-state index contributed by atoms with van der Waals surface area (Å²) in [5.41, 5.74) is 4.12. The van der Waals surface area contributed by atoms with Gasteiger partial charge < -0.3 is 15.5 Å². The van der Waals surface area contributed by atoms with E-state index >= 15 is 0 Å². The summed E-state index contributed by atoms with van der Waals surface area (Å²) >= 11 is 0. The van der Waals surface area contributed by atoms with Crippen LogP contribution < -0.4 is 10.6 Å². The molecule has 3 aromatic rings. The van der Waals surface area contributed by atoms with E-state index in [1.54, 1.807) is 30.2 Å². The lowest BCUT2D eigenvalue weighted by atomic mass is 9.99. The van der Waals surface area contributed by atoms with E-state index in [9.17, 15) is 14.0 Å². The number of pyridine rings is 1. The molecule has 164 valence electrons. The highest BCUT2D eigenvalue weighted by molar-refractivity contribution is 6.03. The third-order valence-electron chi connectivity index (χ3n) is 5.66. The Bertz CT molecular complexity index is 1100. The third kappa shape index (κ3) is 5.18. The predicted molar refractivity (Wildman–Crippen MR) is 120 cm³/mol. The third-order valence-corrected chi connectivity index (χ3v) is 5.66. The maximum absolute atomic E-state index is 13.8. The molecule has 1 atom stereocenters. The van der Waals surface area contributed by atoms with Gasteiger partial charge in [0.1, 0.15) is 5.82 Å². The van der Waals surface area contributed by atoms with Gasteiger partial charge in [0.25, 0.3) is 5.91 Å². The lowest BCUT2D eigenvalue weighted by Gasteiger charge is -2.20. The Morgan fingerprint density at radius 3 is 2.69 bits per heavy atom. The average Bonchev–Trinajstić information content (AvgIpc) is 2.98. The van der Waals surface area contributed by atoms with Gasteiger partial charge in [0.15, 0.2) is 0 Å². The van der Waals surface area contributed by atoms with Gasteiger partial charge in [0.2, 0.25) is 5.91 Å². The smallest absolute Gasteiger partial charge is 0.257 e. The first-order valence-corrected chi connectivity index (χ1v) is 10.6. The van der Waals surface area contributed by atoms with E-state index in [1.807, 2.05) is 30.3 Å². The van der Waals surface area contributed by atoms with Crippen LogP contribution in [0.25, 0.3) is 0 Å². The summed E-state index contributed by atoms with van der Waals surface area (Å²) in [6, 6.07) is 15.9. The highest BCUT2D eigenvalue weighted by Gasteiger charge is 2.23. The Kier molecular flexibility index (Phi) is 6.56. The Labute approximate surface area is 186 Å². The summed E-state index contributed by atoms with van der Waals surface area (Å²) in [5.74, 6) is -0.511. The molecule has 0 saturated heterocycles. The summed E-state index contributed by atoms with van der Waals surface area (Å²) in [7, 11) is 0. The maximum Gasteiger partial charge on any atom is 0.257 e. The zero-order valence-electron chi connectivity index (χ0n) is 17.8. The van der Waals surface area contributed by atoms with E-state index in [2.05, 4.69) is 15.6 Å². The maximum atomic E-state index is 13.8. The van der Waals surface area contributed by atoms with Crippen LogP contribution in [-0.4, -0.2) is 28.2 Å². The van der Waals surface area contributed by atoms with Crippen molar-refractivity contribution in [3.8, 4) is 0 Å². The number of nitrogens with one attached hydrogen (secondary N) is 2. The van der Waals surface area contributed by atoms with Crippen molar-refractivity contribution in [2.24, 2.45) is 0 Å². The van der Waals surface area contributed by atoms with Gasteiger partial charge >= 0.3 is 0 Å². The number of halogens is 1. The lowest BCUT2D eigenvalue weighted by molar-refractivity contribution is -0.129. The van der Waals surface area contributed by atoms with E-state index in [0.29, 0.717) is 30.9 Å². The van der Waals surface area contributed by atoms with Crippen LogP contribution in [0.4, 0.5) is 10.1 Å². The molecule has 1 aromatic heterocycles. The number of fused-ring (bicyclic) bond motifs is 1. The fraction of sp³-hybridized carbons (Fsp3) is 0.240. The standard InChI is InChI=1S/C25H25FN4O2/c1-17(31)30-12-10-24(23-9-6-21(26)13-20(23)16-30)28-14-18-4-7-22(8-5-18)29-25(32)19-3-2-11-27-15-19/h2-9,11,13,15,24,28H,10,12,14,16H2,1H3,(H,29,32). The van der Waals surface area contributed by atoms with Crippen molar-refractivity contribution in [2.45, 2.75) is 32.5 Å². The fourth-order valence-corrected chi connectivity index (χ4v) is 3.90. The van der Waals surface area contributed by atoms with Crippen LogP contribution in [0.2, 0.25) is 0 Å². The molecule has 2 N–H and O–H groups in total. The van der Waals surface area contributed by atoms with Crippen molar-refractivity contribution in [3.05, 3.63) is 95.1 Å². The molecular weight excluding hydrogens is 407 g/mol. The van der Waals surface area contributed by atoms with Gasteiger partial charge in [0.05, 0.1) is 5.56 Å². The van der Waals surface area contributed by atoms with Gasteiger partial charge in [-0.15, -0.1) is 0 Å². The number of carbonyl (C=O) groups is 2. The van der Waals surface area contributed by atoms with Gasteiger partial charge in [-0.3, -0.25) is 14.6 Å². The van der Waals surface area contributed by atoms with Gasteiger partial charge in [0, 0.05) is 50.7 Å². The van der Waals surface area contributed by atoms with Crippen LogP contribution in [0, 0.1) is 5.82 Å². The molecule has 0 fully saturated rings. The zero-order chi connectivity index (χ0) is 22.5. The van der Waals surface area contributed by atoms with E-state index < -0.39 is 0 Å². The number of anilines is 1. The first-order chi connectivity index (χ1) is 15.5. The molecule has 2 aromatic carbocycles. The van der Waals surface area contributed by atoms with Crippen LogP contribution in [0.1, 0.15) is 46.4 Å². The van der Waals surface area contributed by atoms with E-state index in [0.717, 1.165) is 23.1 Å². The largest absolute Gasteiger partial charge is 0.339 e. The van der Waals surface area contributed by atoms with Gasteiger partial charge in [-0.1, -0.05) is 18.2 Å². The van der Waals surface area contributed by atoms with Crippen molar-refractivity contribution in [3.63, 3.8) is 0 Å². The van der Waals surface area contributed by atoms with E-state index in [4.69, 9.17) is 0 Å². The van der Waals surface area contributed by atoms with Crippen LogP contribution in [0.15, 0.2) is 67.0 Å². The first-order valence-electron chi connectivity index (χ1n) is 10.6. The molecule has 0 radical (unpaired) electrons. The lowest BCUT2D eigenvalue weighted by Crippen LogP contribution is -2.29. The topological polar surface area (TPSA) is 74.3 Å². The molecule has 0 aliphatic carbocycles. The number of aromatic nitrogens is 1. The summed E-state index contributed by atoms with van der Waals surface area (Å²) in [5, 5.41) is 6.40. The minimum Gasteiger partial charge on any atom is -0.339 e. The highest BCUT2D eigenvalue weighted by atomic mass is 19.1. The zero-order valence-corrected chi connectivity index (χ0v) is 17.8. The molecule has 2 heterocycles. The second-order valence-corrected chi connectivity index (χ2v) is 7.90. The highest BCUT2D eigenvalue weighted by Crippen LogP contribution is 2.28. The molecule has 32 heavy (non-hydrogen) atoms. The van der Waals surface area contributed by atoms with Crippen LogP contribution in [0.5, 0.6) is 0 Å². The van der Waals surface area contributed by atoms with Crippen molar-refractivity contribution in [2.75, 3.05) is 11.9 Å². The Morgan fingerprint density at radius 2 is 1.97 bits per heavy atom. The first kappa shape index (κ1) is 21.6. The number of benzene rings is 2. The average molecular weight is 432 g/mol. The van der Waals surface area contributed by atoms with Crippen LogP contribution in [0.3, 0.4) is 0 Å². The SMILES string of the molecule is CC(=O)N1CCC(NCc2ccc(NC(=O)c3cccnc3)cc2)c2ccc(F)cc2C1. The molecular formula is C25H25FN4O2. The van der Waals surface area contributed by atoms with E-state index in [-0.39, 0.29) is 23.7 Å². The number of nitrogens with zero attached hydrogens (tertiary/aromatic N) is 2. The Balaban J connectivity index is 1.41. The normalized spacial score (nSPS) is 15.6. The molecule has 1 aliphatic rings. The molecule has 0 spiro atoms. The molecule has 6 nitrogen and oxygen atoms in total. The number of hydrogen-bond acceptors (Lipinski definition) is 4. The summed E-state index contributed by atoms with van der Waals surface area (Å²) < 4.78 is 13.8. The van der Waals surface area contributed by atoms with Crippen LogP contribution in [-0.2, 0) is 17.9 Å². The number of rotatable bonds is 5. The monoisotopic (exact) mass is 432 g/mol. The Hall–Kier alpha value is -3.58. The van der Waals surface area contributed by atoms with Crippen LogP contribution >= 0.6 is 0 Å². The summed E-state index contributed by atoms with van der Waals surface area (Å²) in [6.45, 7) is 3.19. The number of amides is 2. The minimum absolute atomic E-state index is 0.00946. The van der Waals surface area contributed by atoms with Gasteiger partial charge in [-0.05, 0) is 59.5 Å². The summed E-state index contributed by atoms with van der Waals surface area (Å²) in [4.78, 5) is 29.9. The predicted octanol–water partition coefficient (Wildman–Crippen LogP) is 4.06. The molecule has 7 heteroatoms. The van der Waals surface area contributed by atoms with Crippen molar-refractivity contribution >= 4 is 17.5 Å². The second kappa shape index (κ2) is 9.70. The number of hydrogen-bond donors (Lipinski definition) is 2. The van der Waals surface area contributed by atoms with Crippen molar-refractivity contribution < 1.29 is 14.0 Å². The quantitative estimate of drug-likeness (QED) is 0.638. The molecule has 1 aliphatic heterocycles. The van der Waals surface area contributed by atoms with Gasteiger partial charge in [-0.25, -0.2) is 4.39 Å². The molecule has 0 saturated carbocycles. The molecule has 1 unspecified atom stereocenters. The Morgan fingerprint density at radius 1 is 1.16 bits per heavy atom. The second-order valence-electron chi connectivity index (χ2n) is 7.90. The number of carbonyl (C=O) groups excluding carboxylic acids is 2. The van der Waals surface area contributed by atoms with E-state index in [1.165, 1.54) is 18.3 Å². The fourth-order valence-electron chi connectivity index (χ4n) is 3.90. The van der Waals surface area contributed by atoms with Crippen molar-refractivity contribution in [1.29, 1.82) is 0 Å². The molecule has 2 amide bonds. The van der Waals surface area contributed by atoms with Gasteiger partial charge in [-0.2, -0.15) is 0 Å².